The van der Waals surface area contributed by atoms with Crippen LogP contribution in [-0.2, 0) is 0 Å². The molecule has 0 amide bonds. The van der Waals surface area contributed by atoms with Crippen LogP contribution in [0.1, 0.15) is 24.9 Å². The number of aromatic amines is 1. The van der Waals surface area contributed by atoms with Crippen LogP contribution in [0.2, 0.25) is 0 Å². The molecule has 1 unspecified atom stereocenters. The summed E-state index contributed by atoms with van der Waals surface area (Å²) in [7, 11) is 0. The highest BCUT2D eigenvalue weighted by Gasteiger charge is 2.13. The van der Waals surface area contributed by atoms with Crippen molar-refractivity contribution in [1.29, 1.82) is 0 Å². The first-order chi connectivity index (χ1) is 8.70. The lowest BCUT2D eigenvalue weighted by atomic mass is 10.0. The van der Waals surface area contributed by atoms with E-state index in [1.807, 2.05) is 13.0 Å². The predicted octanol–water partition coefficient (Wildman–Crippen LogP) is 2.88. The Morgan fingerprint density at radius 1 is 1.56 bits per heavy atom. The minimum absolute atomic E-state index is 0.0301. The van der Waals surface area contributed by atoms with Crippen LogP contribution in [-0.4, -0.2) is 15.1 Å². The van der Waals surface area contributed by atoms with Crippen LogP contribution in [0.4, 0.5) is 11.4 Å². The first-order valence-corrected chi connectivity index (χ1v) is 5.70. The minimum atomic E-state index is -0.381. The zero-order chi connectivity index (χ0) is 13.0. The molecule has 0 saturated carbocycles. The Hall–Kier alpha value is -2.37. The van der Waals surface area contributed by atoms with Crippen molar-refractivity contribution in [2.75, 3.05) is 5.32 Å². The minimum Gasteiger partial charge on any atom is -0.376 e. The largest absolute Gasteiger partial charge is 0.376 e. The Morgan fingerprint density at radius 2 is 2.39 bits per heavy atom. The monoisotopic (exact) mass is 246 g/mol. The molecule has 0 fully saturated rings. The van der Waals surface area contributed by atoms with Gasteiger partial charge in [0.1, 0.15) is 0 Å². The summed E-state index contributed by atoms with van der Waals surface area (Å²) in [4.78, 5) is 10.4. The zero-order valence-electron chi connectivity index (χ0n) is 9.96. The molecule has 2 N–H and O–H groups in total. The van der Waals surface area contributed by atoms with Crippen LogP contribution in [0, 0.1) is 10.1 Å². The van der Waals surface area contributed by atoms with Crippen molar-refractivity contribution < 1.29 is 4.92 Å². The first kappa shape index (κ1) is 12.1. The maximum Gasteiger partial charge on any atom is 0.269 e. The van der Waals surface area contributed by atoms with E-state index in [0.717, 1.165) is 17.7 Å². The first-order valence-electron chi connectivity index (χ1n) is 5.70. The topological polar surface area (TPSA) is 83.8 Å². The molecule has 0 aliphatic rings. The number of aromatic nitrogens is 2. The Kier molecular flexibility index (Phi) is 3.57. The number of hydrogen-bond donors (Lipinski definition) is 2. The normalized spacial score (nSPS) is 12.1. The van der Waals surface area contributed by atoms with E-state index < -0.39 is 0 Å². The summed E-state index contributed by atoms with van der Waals surface area (Å²) in [5.41, 5.74) is 1.88. The molecule has 6 nitrogen and oxygen atoms in total. The molecule has 0 aliphatic carbocycles. The molecule has 2 aromatic rings. The highest BCUT2D eigenvalue weighted by atomic mass is 16.6. The van der Waals surface area contributed by atoms with E-state index in [9.17, 15) is 10.1 Å². The SMILES string of the molecule is CCC(Nc1cn[nH]c1)c1cccc([N+](=O)[O-])c1. The van der Waals surface area contributed by atoms with Crippen LogP contribution in [0.15, 0.2) is 36.7 Å². The van der Waals surface area contributed by atoms with E-state index in [4.69, 9.17) is 0 Å². The zero-order valence-corrected chi connectivity index (χ0v) is 9.96. The number of nitro groups is 1. The molecular weight excluding hydrogens is 232 g/mol. The van der Waals surface area contributed by atoms with Gasteiger partial charge in [0.05, 0.1) is 22.8 Å². The molecule has 1 heterocycles. The lowest BCUT2D eigenvalue weighted by molar-refractivity contribution is -0.384. The molecule has 1 aromatic heterocycles. The fraction of sp³-hybridized carbons (Fsp3) is 0.250. The van der Waals surface area contributed by atoms with Crippen molar-refractivity contribution in [1.82, 2.24) is 10.2 Å². The van der Waals surface area contributed by atoms with Crippen molar-refractivity contribution in [2.24, 2.45) is 0 Å². The number of hydrogen-bond acceptors (Lipinski definition) is 4. The van der Waals surface area contributed by atoms with E-state index in [1.54, 1.807) is 24.5 Å². The van der Waals surface area contributed by atoms with Crippen LogP contribution < -0.4 is 5.32 Å². The van der Waals surface area contributed by atoms with Gasteiger partial charge in [-0.3, -0.25) is 15.2 Å². The van der Waals surface area contributed by atoms with E-state index >= 15 is 0 Å². The smallest absolute Gasteiger partial charge is 0.269 e. The van der Waals surface area contributed by atoms with E-state index in [2.05, 4.69) is 15.5 Å². The van der Waals surface area contributed by atoms with E-state index in [0.29, 0.717) is 0 Å². The number of nitrogens with one attached hydrogen (secondary N) is 2. The van der Waals surface area contributed by atoms with Crippen molar-refractivity contribution in [3.05, 3.63) is 52.3 Å². The van der Waals surface area contributed by atoms with Gasteiger partial charge >= 0.3 is 0 Å². The summed E-state index contributed by atoms with van der Waals surface area (Å²) in [6.07, 6.45) is 4.26. The highest BCUT2D eigenvalue weighted by Crippen LogP contribution is 2.24. The standard InChI is InChI=1S/C12H14N4O2/c1-2-12(15-10-7-13-14-8-10)9-4-3-5-11(6-9)16(17)18/h3-8,12,15H,2H2,1H3,(H,13,14). The summed E-state index contributed by atoms with van der Waals surface area (Å²) < 4.78 is 0. The summed E-state index contributed by atoms with van der Waals surface area (Å²) >= 11 is 0. The van der Waals surface area contributed by atoms with Gasteiger partial charge in [-0.25, -0.2) is 0 Å². The molecule has 0 spiro atoms. The molecule has 1 atom stereocenters. The average Bonchev–Trinajstić information content (AvgIpc) is 2.89. The number of anilines is 1. The van der Waals surface area contributed by atoms with Crippen LogP contribution in [0.5, 0.6) is 0 Å². The second kappa shape index (κ2) is 5.31. The lowest BCUT2D eigenvalue weighted by Gasteiger charge is -2.17. The Balaban J connectivity index is 2.21. The summed E-state index contributed by atoms with van der Waals surface area (Å²) in [6.45, 7) is 2.02. The second-order valence-electron chi connectivity index (χ2n) is 3.94. The summed E-state index contributed by atoms with van der Waals surface area (Å²) in [5, 5.41) is 20.6. The molecule has 94 valence electrons. The number of rotatable bonds is 5. The molecular formula is C12H14N4O2. The van der Waals surface area contributed by atoms with Gasteiger partial charge in [0.25, 0.3) is 5.69 Å². The van der Waals surface area contributed by atoms with Gasteiger partial charge in [0.15, 0.2) is 0 Å². The third kappa shape index (κ3) is 2.65. The van der Waals surface area contributed by atoms with Crippen LogP contribution in [0.3, 0.4) is 0 Å². The molecule has 6 heteroatoms. The van der Waals surface area contributed by atoms with Gasteiger partial charge in [-0.05, 0) is 12.0 Å². The molecule has 2 rings (SSSR count). The summed E-state index contributed by atoms with van der Waals surface area (Å²) in [5.74, 6) is 0. The molecule has 0 bridgehead atoms. The number of benzene rings is 1. The Labute approximate surface area is 104 Å². The quantitative estimate of drug-likeness (QED) is 0.627. The maximum absolute atomic E-state index is 10.8. The predicted molar refractivity (Wildman–Crippen MR) is 68.3 cm³/mol. The van der Waals surface area contributed by atoms with Crippen LogP contribution >= 0.6 is 0 Å². The highest BCUT2D eigenvalue weighted by molar-refractivity contribution is 5.43. The number of nitro benzene ring substituents is 1. The third-order valence-corrected chi connectivity index (χ3v) is 2.73. The number of nitrogens with zero attached hydrogens (tertiary/aromatic N) is 2. The van der Waals surface area contributed by atoms with Gasteiger partial charge in [0, 0.05) is 18.3 Å². The fourth-order valence-electron chi connectivity index (χ4n) is 1.81. The van der Waals surface area contributed by atoms with Gasteiger partial charge in [0.2, 0.25) is 0 Å². The fourth-order valence-corrected chi connectivity index (χ4v) is 1.81. The summed E-state index contributed by atoms with van der Waals surface area (Å²) in [6, 6.07) is 6.71. The maximum atomic E-state index is 10.8. The van der Waals surface area contributed by atoms with Gasteiger partial charge < -0.3 is 5.32 Å². The van der Waals surface area contributed by atoms with E-state index in [1.165, 1.54) is 6.07 Å². The molecule has 18 heavy (non-hydrogen) atoms. The Morgan fingerprint density at radius 3 is 3.00 bits per heavy atom. The van der Waals surface area contributed by atoms with E-state index in [-0.39, 0.29) is 16.7 Å². The third-order valence-electron chi connectivity index (χ3n) is 2.73. The Bertz CT molecular complexity index is 525. The van der Waals surface area contributed by atoms with Gasteiger partial charge in [-0.15, -0.1) is 0 Å². The van der Waals surface area contributed by atoms with Crippen molar-refractivity contribution in [3.8, 4) is 0 Å². The number of non-ortho nitro benzene ring substituents is 1. The molecule has 1 aromatic carbocycles. The second-order valence-corrected chi connectivity index (χ2v) is 3.94. The average molecular weight is 246 g/mol. The van der Waals surface area contributed by atoms with Crippen molar-refractivity contribution in [3.63, 3.8) is 0 Å². The van der Waals surface area contributed by atoms with Crippen LogP contribution in [0.25, 0.3) is 0 Å². The molecule has 0 aliphatic heterocycles. The van der Waals surface area contributed by atoms with Gasteiger partial charge in [-0.2, -0.15) is 5.10 Å². The number of H-pyrrole nitrogens is 1. The lowest BCUT2D eigenvalue weighted by Crippen LogP contribution is -2.09. The van der Waals surface area contributed by atoms with Crippen molar-refractivity contribution >= 4 is 11.4 Å². The molecule has 0 saturated heterocycles. The van der Waals surface area contributed by atoms with Crippen molar-refractivity contribution in [2.45, 2.75) is 19.4 Å². The van der Waals surface area contributed by atoms with Gasteiger partial charge in [-0.1, -0.05) is 19.1 Å². The molecule has 0 radical (unpaired) electrons.